The normalized spacial score (nSPS) is 18.1. The number of aryl methyl sites for hydroxylation is 2. The zero-order chi connectivity index (χ0) is 22.1. The molecule has 3 heterocycles. The van der Waals surface area contributed by atoms with E-state index in [-0.39, 0.29) is 18.0 Å². The monoisotopic (exact) mass is 435 g/mol. The number of H-pyrrole nitrogens is 1. The molecule has 0 aliphatic carbocycles. The fourth-order valence-corrected chi connectivity index (χ4v) is 4.48. The number of pyridine rings is 1. The van der Waals surface area contributed by atoms with Crippen molar-refractivity contribution in [3.05, 3.63) is 71.3 Å². The Hall–Kier alpha value is -3.39. The molecule has 3 aromatic rings. The number of thiocarbonyl (C=S) groups is 1. The zero-order valence-electron chi connectivity index (χ0n) is 17.9. The third kappa shape index (κ3) is 3.98. The van der Waals surface area contributed by atoms with Crippen molar-refractivity contribution in [2.75, 3.05) is 17.3 Å². The number of hydrogen-bond acceptors (Lipinski definition) is 4. The number of rotatable bonds is 5. The standard InChI is InChI=1S/C23H25N5O2S/c1-13-11-17(14(2)25-13)22-21(18-7-5-6-10-24-18)27-23(31)28(22)16-8-9-20(30-4)19(12-16)26-15(3)29/h5-12,21-22,25H,1-4H3,(H,26,29)(H,27,31)/t21-,22-/m0/s1. The summed E-state index contributed by atoms with van der Waals surface area (Å²) in [4.78, 5) is 21.8. The first-order valence-electron chi connectivity index (χ1n) is 10.0. The summed E-state index contributed by atoms with van der Waals surface area (Å²) in [6, 6.07) is 13.4. The van der Waals surface area contributed by atoms with E-state index < -0.39 is 0 Å². The molecule has 4 rings (SSSR count). The summed E-state index contributed by atoms with van der Waals surface area (Å²) in [7, 11) is 1.58. The number of carbonyl (C=O) groups is 1. The van der Waals surface area contributed by atoms with Gasteiger partial charge in [-0.3, -0.25) is 9.78 Å². The number of ether oxygens (including phenoxy) is 1. The van der Waals surface area contributed by atoms with Gasteiger partial charge in [-0.1, -0.05) is 6.07 Å². The SMILES string of the molecule is COc1ccc(N2C(=S)N[C@@H](c3ccccn3)[C@@H]2c2cc(C)[nH]c2C)cc1NC(C)=O. The van der Waals surface area contributed by atoms with Crippen LogP contribution in [0.25, 0.3) is 0 Å². The number of nitrogens with zero attached hydrogens (tertiary/aromatic N) is 2. The molecule has 1 saturated heterocycles. The first kappa shape index (κ1) is 20.9. The number of hydrogen-bond donors (Lipinski definition) is 3. The number of anilines is 2. The van der Waals surface area contributed by atoms with E-state index in [0.717, 1.165) is 28.3 Å². The lowest BCUT2D eigenvalue weighted by atomic mass is 9.96. The fourth-order valence-electron chi connectivity index (χ4n) is 4.13. The van der Waals surface area contributed by atoms with E-state index in [1.54, 1.807) is 13.3 Å². The summed E-state index contributed by atoms with van der Waals surface area (Å²) in [6.07, 6.45) is 1.79. The molecule has 2 atom stereocenters. The molecule has 1 fully saturated rings. The number of nitrogens with one attached hydrogen (secondary N) is 3. The summed E-state index contributed by atoms with van der Waals surface area (Å²) in [5.74, 6) is 0.418. The summed E-state index contributed by atoms with van der Waals surface area (Å²) in [5, 5.41) is 6.89. The van der Waals surface area contributed by atoms with Crippen molar-refractivity contribution in [3.63, 3.8) is 0 Å². The maximum Gasteiger partial charge on any atom is 0.221 e. The minimum absolute atomic E-state index is 0.120. The number of benzene rings is 1. The average Bonchev–Trinajstić information content (AvgIpc) is 3.26. The van der Waals surface area contributed by atoms with E-state index >= 15 is 0 Å². The lowest BCUT2D eigenvalue weighted by molar-refractivity contribution is -0.114. The van der Waals surface area contributed by atoms with Gasteiger partial charge in [0.25, 0.3) is 0 Å². The van der Waals surface area contributed by atoms with E-state index in [1.807, 2.05) is 43.3 Å². The Balaban J connectivity index is 1.84. The maximum atomic E-state index is 11.7. The zero-order valence-corrected chi connectivity index (χ0v) is 18.7. The maximum absolute atomic E-state index is 11.7. The summed E-state index contributed by atoms with van der Waals surface area (Å²) < 4.78 is 5.42. The molecule has 7 nitrogen and oxygen atoms in total. The van der Waals surface area contributed by atoms with Crippen LogP contribution in [0.4, 0.5) is 11.4 Å². The number of methoxy groups -OCH3 is 1. The van der Waals surface area contributed by atoms with Crippen LogP contribution in [0.2, 0.25) is 0 Å². The third-order valence-electron chi connectivity index (χ3n) is 5.38. The minimum Gasteiger partial charge on any atom is -0.495 e. The van der Waals surface area contributed by atoms with Crippen LogP contribution in [0.15, 0.2) is 48.7 Å². The molecule has 1 aromatic carbocycles. The Morgan fingerprint density at radius 3 is 2.65 bits per heavy atom. The largest absolute Gasteiger partial charge is 0.495 e. The molecule has 1 aliphatic rings. The Morgan fingerprint density at radius 1 is 1.23 bits per heavy atom. The number of aromatic nitrogens is 2. The van der Waals surface area contributed by atoms with E-state index in [9.17, 15) is 4.79 Å². The minimum atomic E-state index is -0.169. The van der Waals surface area contributed by atoms with Crippen molar-refractivity contribution in [2.45, 2.75) is 32.9 Å². The molecule has 31 heavy (non-hydrogen) atoms. The van der Waals surface area contributed by atoms with E-state index in [2.05, 4.69) is 38.5 Å². The summed E-state index contributed by atoms with van der Waals surface area (Å²) in [5.41, 5.74) is 5.65. The second kappa shape index (κ2) is 8.39. The first-order chi connectivity index (χ1) is 14.9. The van der Waals surface area contributed by atoms with Gasteiger partial charge in [-0.05, 0) is 68.0 Å². The highest BCUT2D eigenvalue weighted by Crippen LogP contribution is 2.44. The van der Waals surface area contributed by atoms with Crippen molar-refractivity contribution in [3.8, 4) is 5.75 Å². The molecule has 1 amide bonds. The van der Waals surface area contributed by atoms with Gasteiger partial charge in [0.1, 0.15) is 5.75 Å². The molecule has 8 heteroatoms. The van der Waals surface area contributed by atoms with Crippen LogP contribution in [-0.4, -0.2) is 28.1 Å². The van der Waals surface area contributed by atoms with Crippen LogP contribution >= 0.6 is 12.2 Å². The lowest BCUT2D eigenvalue weighted by Crippen LogP contribution is -2.29. The van der Waals surface area contributed by atoms with Gasteiger partial charge in [0.2, 0.25) is 5.91 Å². The molecule has 3 N–H and O–H groups in total. The van der Waals surface area contributed by atoms with Crippen LogP contribution in [0.3, 0.4) is 0 Å². The van der Waals surface area contributed by atoms with Gasteiger partial charge in [-0.2, -0.15) is 0 Å². The first-order valence-corrected chi connectivity index (χ1v) is 10.4. The smallest absolute Gasteiger partial charge is 0.221 e. The Labute approximate surface area is 186 Å². The van der Waals surface area contributed by atoms with Crippen LogP contribution in [-0.2, 0) is 4.79 Å². The highest BCUT2D eigenvalue weighted by molar-refractivity contribution is 7.80. The summed E-state index contributed by atoms with van der Waals surface area (Å²) >= 11 is 5.78. The van der Waals surface area contributed by atoms with Crippen molar-refractivity contribution in [1.29, 1.82) is 0 Å². The van der Waals surface area contributed by atoms with Gasteiger partial charge >= 0.3 is 0 Å². The quantitative estimate of drug-likeness (QED) is 0.522. The average molecular weight is 436 g/mol. The van der Waals surface area contributed by atoms with Gasteiger partial charge in [-0.25, -0.2) is 0 Å². The molecule has 2 aromatic heterocycles. The third-order valence-corrected chi connectivity index (χ3v) is 5.69. The van der Waals surface area contributed by atoms with E-state index in [0.29, 0.717) is 16.5 Å². The van der Waals surface area contributed by atoms with Crippen LogP contribution in [0, 0.1) is 13.8 Å². The number of carbonyl (C=O) groups excluding carboxylic acids is 1. The molecular formula is C23H25N5O2S. The highest BCUT2D eigenvalue weighted by atomic mass is 32.1. The molecule has 0 unspecified atom stereocenters. The van der Waals surface area contributed by atoms with Crippen LogP contribution < -0.4 is 20.3 Å². The van der Waals surface area contributed by atoms with Crippen LogP contribution in [0.5, 0.6) is 5.75 Å². The molecule has 1 aliphatic heterocycles. The number of amides is 1. The van der Waals surface area contributed by atoms with Gasteiger partial charge in [0, 0.05) is 30.2 Å². The van der Waals surface area contributed by atoms with Gasteiger partial charge in [0.15, 0.2) is 5.11 Å². The van der Waals surface area contributed by atoms with Crippen molar-refractivity contribution < 1.29 is 9.53 Å². The van der Waals surface area contributed by atoms with Gasteiger partial charge < -0.3 is 25.3 Å². The molecule has 160 valence electrons. The Bertz CT molecular complexity index is 1130. The topological polar surface area (TPSA) is 82.3 Å². The molecule has 0 saturated carbocycles. The molecule has 0 spiro atoms. The van der Waals surface area contributed by atoms with E-state index in [1.165, 1.54) is 6.92 Å². The van der Waals surface area contributed by atoms with Gasteiger partial charge in [0.05, 0.1) is 30.6 Å². The van der Waals surface area contributed by atoms with Crippen molar-refractivity contribution in [1.82, 2.24) is 15.3 Å². The van der Waals surface area contributed by atoms with Crippen LogP contribution in [0.1, 0.15) is 41.7 Å². The predicted octanol–water partition coefficient (Wildman–Crippen LogP) is 4.17. The second-order valence-corrected chi connectivity index (χ2v) is 7.98. The number of aromatic amines is 1. The fraction of sp³-hybridized carbons (Fsp3) is 0.261. The molecular weight excluding hydrogens is 410 g/mol. The van der Waals surface area contributed by atoms with E-state index in [4.69, 9.17) is 17.0 Å². The predicted molar refractivity (Wildman–Crippen MR) is 125 cm³/mol. The van der Waals surface area contributed by atoms with Crippen molar-refractivity contribution >= 4 is 34.6 Å². The molecule has 0 radical (unpaired) electrons. The second-order valence-electron chi connectivity index (χ2n) is 7.60. The Kier molecular flexibility index (Phi) is 5.65. The highest BCUT2D eigenvalue weighted by Gasteiger charge is 2.42. The summed E-state index contributed by atoms with van der Waals surface area (Å²) in [6.45, 7) is 5.58. The van der Waals surface area contributed by atoms with Gasteiger partial charge in [-0.15, -0.1) is 0 Å². The Morgan fingerprint density at radius 2 is 2.03 bits per heavy atom. The lowest BCUT2D eigenvalue weighted by Gasteiger charge is -2.28. The molecule has 0 bridgehead atoms. The van der Waals surface area contributed by atoms with Crippen molar-refractivity contribution in [2.24, 2.45) is 0 Å².